The van der Waals surface area contributed by atoms with E-state index < -0.39 is 10.5 Å². The first kappa shape index (κ1) is 13.8. The van der Waals surface area contributed by atoms with Gasteiger partial charge in [-0.15, -0.1) is 0 Å². The number of carbonyl (C=O) groups is 2. The summed E-state index contributed by atoms with van der Waals surface area (Å²) in [5.74, 6) is 0.532. The van der Waals surface area contributed by atoms with Gasteiger partial charge in [0, 0.05) is 5.69 Å². The second-order valence-corrected chi connectivity index (χ2v) is 3.28. The van der Waals surface area contributed by atoms with Crippen molar-refractivity contribution < 1.29 is 9.59 Å². The molecule has 0 saturated carbocycles. The third-order valence-electron chi connectivity index (χ3n) is 1.12. The molecule has 0 spiro atoms. The van der Waals surface area contributed by atoms with Crippen LogP contribution in [-0.2, 0) is 0 Å². The van der Waals surface area contributed by atoms with Crippen LogP contribution in [0.25, 0.3) is 0 Å². The molecule has 82 valence electrons. The van der Waals surface area contributed by atoms with Crippen molar-refractivity contribution in [2.45, 2.75) is 6.92 Å². The molecule has 1 heterocycles. The minimum Gasteiger partial charge on any atom is -0.361 e. The van der Waals surface area contributed by atoms with Crippen LogP contribution in [-0.4, -0.2) is 15.5 Å². The molecular formula is C8H11N3O2S2. The number of rotatable bonds is 1. The number of nitrogens with two attached hydrogens (primary N) is 1. The van der Waals surface area contributed by atoms with Crippen LogP contribution in [0.4, 0.5) is 15.4 Å². The van der Waals surface area contributed by atoms with Crippen molar-refractivity contribution in [2.75, 3.05) is 5.32 Å². The lowest BCUT2D eigenvalue weighted by molar-refractivity contribution is 0.267. The van der Waals surface area contributed by atoms with Crippen molar-refractivity contribution in [3.05, 3.63) is 23.9 Å². The highest BCUT2D eigenvalue weighted by atomic mass is 32.1. The molecule has 7 heteroatoms. The molecule has 3 N–H and O–H groups in total. The molecule has 1 aromatic heterocycles. The smallest absolute Gasteiger partial charge is 0.281 e. The molecule has 5 nitrogen and oxygen atoms in total. The average Bonchev–Trinajstić information content (AvgIpc) is 2.00. The fraction of sp³-hybridized carbons (Fsp3) is 0.125. The summed E-state index contributed by atoms with van der Waals surface area (Å²) in [6.45, 7) is 1.86. The molecule has 0 aromatic carbocycles. The van der Waals surface area contributed by atoms with E-state index in [0.29, 0.717) is 5.82 Å². The minimum atomic E-state index is -0.639. The highest BCUT2D eigenvalue weighted by Gasteiger charge is 1.95. The summed E-state index contributed by atoms with van der Waals surface area (Å²) in [5, 5.41) is 1.42. The maximum atomic E-state index is 10.4. The lowest BCUT2D eigenvalue weighted by Gasteiger charge is -1.99. The van der Waals surface area contributed by atoms with Gasteiger partial charge in [0.1, 0.15) is 5.82 Å². The van der Waals surface area contributed by atoms with E-state index >= 15 is 0 Å². The molecule has 2 amide bonds. The highest BCUT2D eigenvalue weighted by Crippen LogP contribution is 2.03. The number of thiol groups is 2. The first-order valence-corrected chi connectivity index (χ1v) is 4.73. The Balaban J connectivity index is 0.000000423. The molecule has 0 atom stereocenters. The molecule has 15 heavy (non-hydrogen) atoms. The van der Waals surface area contributed by atoms with Crippen LogP contribution < -0.4 is 11.1 Å². The molecule has 0 saturated heterocycles. The van der Waals surface area contributed by atoms with Gasteiger partial charge < -0.3 is 11.1 Å². The zero-order valence-corrected chi connectivity index (χ0v) is 9.76. The van der Waals surface area contributed by atoms with Crippen molar-refractivity contribution in [3.8, 4) is 0 Å². The lowest BCUT2D eigenvalue weighted by atomic mass is 10.4. The molecule has 0 bridgehead atoms. The largest absolute Gasteiger partial charge is 0.361 e. The number of pyridine rings is 1. The van der Waals surface area contributed by atoms with Crippen LogP contribution in [0.15, 0.2) is 18.2 Å². The zero-order chi connectivity index (χ0) is 11.8. The highest BCUT2D eigenvalue weighted by molar-refractivity contribution is 7.97. The maximum absolute atomic E-state index is 10.4. The van der Waals surface area contributed by atoms with Gasteiger partial charge in [-0.3, -0.25) is 9.59 Å². The number of aryl methyl sites for hydroxylation is 1. The van der Waals surface area contributed by atoms with Gasteiger partial charge in [0.15, 0.2) is 0 Å². The van der Waals surface area contributed by atoms with Gasteiger partial charge in [-0.1, -0.05) is 31.3 Å². The van der Waals surface area contributed by atoms with Crippen molar-refractivity contribution in [1.82, 2.24) is 4.98 Å². The Bertz CT molecular complexity index is 353. The topological polar surface area (TPSA) is 85.1 Å². The average molecular weight is 245 g/mol. The number of nitrogens with one attached hydrogen (secondary N) is 1. The number of nitrogens with zero attached hydrogens (tertiary/aromatic N) is 1. The summed E-state index contributed by atoms with van der Waals surface area (Å²) in [5.41, 5.74) is 5.20. The molecule has 0 aliphatic heterocycles. The number of anilines is 1. The number of amides is 2. The normalized spacial score (nSPS) is 8.47. The van der Waals surface area contributed by atoms with Gasteiger partial charge in [-0.25, -0.2) is 4.98 Å². The summed E-state index contributed by atoms with van der Waals surface area (Å²) in [4.78, 5) is 23.6. The second kappa shape index (κ2) is 7.13. The summed E-state index contributed by atoms with van der Waals surface area (Å²) in [6, 6.07) is 5.39. The Hall–Kier alpha value is -1.21. The lowest BCUT2D eigenvalue weighted by Crippen LogP contribution is -2.03. The summed E-state index contributed by atoms with van der Waals surface area (Å²) in [7, 11) is 0. The SMILES string of the molecule is Cc1cccc(NC(=O)S)n1.NC(=O)S. The van der Waals surface area contributed by atoms with Gasteiger partial charge in [-0.2, -0.15) is 0 Å². The van der Waals surface area contributed by atoms with E-state index in [2.05, 4.69) is 41.3 Å². The number of aromatic nitrogens is 1. The van der Waals surface area contributed by atoms with Crippen molar-refractivity contribution >= 4 is 41.6 Å². The van der Waals surface area contributed by atoms with Crippen LogP contribution in [0, 0.1) is 6.92 Å². The van der Waals surface area contributed by atoms with E-state index in [1.165, 1.54) is 0 Å². The maximum Gasteiger partial charge on any atom is 0.281 e. The molecule has 1 aromatic rings. The second-order valence-electron chi connectivity index (χ2n) is 2.43. The van der Waals surface area contributed by atoms with Crippen molar-refractivity contribution in [2.24, 2.45) is 5.73 Å². The fourth-order valence-electron chi connectivity index (χ4n) is 0.722. The Labute approximate surface area is 98.3 Å². The molecule has 1 rings (SSSR count). The monoisotopic (exact) mass is 245 g/mol. The van der Waals surface area contributed by atoms with Gasteiger partial charge >= 0.3 is 0 Å². The summed E-state index contributed by atoms with van der Waals surface area (Å²) >= 11 is 6.66. The Morgan fingerprint density at radius 2 is 1.93 bits per heavy atom. The van der Waals surface area contributed by atoms with Gasteiger partial charge in [0.05, 0.1) is 0 Å². The molecule has 0 aliphatic rings. The first-order chi connectivity index (χ1) is 6.91. The molecule has 0 aliphatic carbocycles. The third kappa shape index (κ3) is 9.10. The van der Waals surface area contributed by atoms with Crippen LogP contribution >= 0.6 is 25.3 Å². The van der Waals surface area contributed by atoms with Crippen LogP contribution in [0.2, 0.25) is 0 Å². The number of primary amides is 1. The standard InChI is InChI=1S/C7H8N2OS.CH3NOS/c1-5-3-2-4-6(8-5)9-7(10)11;2-1(3)4/h2-4H,1H3,(H2,8,9,10,11);(H3,2,3,4). The number of hydrogen-bond donors (Lipinski definition) is 4. The predicted octanol–water partition coefficient (Wildman–Crippen LogP) is 1.85. The van der Waals surface area contributed by atoms with Crippen molar-refractivity contribution in [3.63, 3.8) is 0 Å². The predicted molar refractivity (Wildman–Crippen MR) is 65.5 cm³/mol. The van der Waals surface area contributed by atoms with Gasteiger partial charge in [0.25, 0.3) is 10.5 Å². The summed E-state index contributed by atoms with van der Waals surface area (Å²) < 4.78 is 0. The van der Waals surface area contributed by atoms with E-state index in [1.807, 2.05) is 19.1 Å². The number of hydrogen-bond acceptors (Lipinski definition) is 3. The van der Waals surface area contributed by atoms with Gasteiger partial charge in [-0.05, 0) is 19.1 Å². The molecule has 0 unspecified atom stereocenters. The quantitative estimate of drug-likeness (QED) is 0.570. The van der Waals surface area contributed by atoms with Crippen LogP contribution in [0.3, 0.4) is 0 Å². The van der Waals surface area contributed by atoms with E-state index in [0.717, 1.165) is 5.69 Å². The number of carbonyl (C=O) groups excluding carboxylic acids is 2. The van der Waals surface area contributed by atoms with E-state index in [4.69, 9.17) is 4.79 Å². The van der Waals surface area contributed by atoms with Crippen LogP contribution in [0.5, 0.6) is 0 Å². The summed E-state index contributed by atoms with van der Waals surface area (Å²) in [6.07, 6.45) is 0. The molecule has 0 radical (unpaired) electrons. The third-order valence-corrected chi connectivity index (χ3v) is 1.24. The van der Waals surface area contributed by atoms with E-state index in [-0.39, 0.29) is 0 Å². The van der Waals surface area contributed by atoms with E-state index in [1.54, 1.807) is 6.07 Å². The molecule has 0 fully saturated rings. The van der Waals surface area contributed by atoms with Gasteiger partial charge in [0.2, 0.25) is 0 Å². The fourth-order valence-corrected chi connectivity index (χ4v) is 0.837. The van der Waals surface area contributed by atoms with E-state index in [9.17, 15) is 4.79 Å². The Kier molecular flexibility index (Phi) is 6.56. The first-order valence-electron chi connectivity index (χ1n) is 3.84. The minimum absolute atomic E-state index is 0.400. The Morgan fingerprint density at radius 3 is 2.33 bits per heavy atom. The molecular weight excluding hydrogens is 234 g/mol. The Morgan fingerprint density at radius 1 is 1.40 bits per heavy atom. The van der Waals surface area contributed by atoms with Crippen LogP contribution in [0.1, 0.15) is 5.69 Å². The zero-order valence-electron chi connectivity index (χ0n) is 7.97. The van der Waals surface area contributed by atoms with Crippen molar-refractivity contribution in [1.29, 1.82) is 0 Å².